The molecule has 0 aromatic heterocycles. The van der Waals surface area contributed by atoms with Gasteiger partial charge in [-0.2, -0.15) is 0 Å². The van der Waals surface area contributed by atoms with Crippen LogP contribution in [0.5, 0.6) is 0 Å². The van der Waals surface area contributed by atoms with E-state index in [0.29, 0.717) is 6.04 Å². The molecule has 1 saturated carbocycles. The normalized spacial score (nSPS) is 33.8. The molecule has 2 aliphatic rings. The Balaban J connectivity index is 1.74. The van der Waals surface area contributed by atoms with Gasteiger partial charge in [-0.1, -0.05) is 13.3 Å². The summed E-state index contributed by atoms with van der Waals surface area (Å²) in [5, 5.41) is 0. The molecule has 1 saturated heterocycles. The van der Waals surface area contributed by atoms with Crippen molar-refractivity contribution in [2.24, 2.45) is 23.5 Å². The van der Waals surface area contributed by atoms with E-state index in [1.807, 2.05) is 0 Å². The standard InChI is InChI=1S/C17H35N3/c1-4-14-5-6-17(18)16(11-14)13-20-9-7-15(8-10-20)12-19(2)3/h14-17H,4-13,18H2,1-3H3. The van der Waals surface area contributed by atoms with Crippen LogP contribution in [0.25, 0.3) is 0 Å². The van der Waals surface area contributed by atoms with Crippen molar-refractivity contribution in [3.05, 3.63) is 0 Å². The molecule has 3 atom stereocenters. The van der Waals surface area contributed by atoms with E-state index in [1.165, 1.54) is 64.7 Å². The number of nitrogens with two attached hydrogens (primary N) is 1. The number of likely N-dealkylation sites (tertiary alicyclic amines) is 1. The van der Waals surface area contributed by atoms with Crippen LogP contribution in [0.4, 0.5) is 0 Å². The Bertz CT molecular complexity index is 271. The summed E-state index contributed by atoms with van der Waals surface area (Å²) in [6, 6.07) is 0.456. The summed E-state index contributed by atoms with van der Waals surface area (Å²) in [6.07, 6.45) is 8.07. The molecule has 3 unspecified atom stereocenters. The van der Waals surface area contributed by atoms with Crippen LogP contribution in [-0.2, 0) is 0 Å². The topological polar surface area (TPSA) is 32.5 Å². The Morgan fingerprint density at radius 3 is 2.35 bits per heavy atom. The fourth-order valence-electron chi connectivity index (χ4n) is 4.16. The third-order valence-electron chi connectivity index (χ3n) is 5.55. The second-order valence-electron chi connectivity index (χ2n) is 7.52. The molecule has 0 spiro atoms. The third kappa shape index (κ3) is 4.71. The summed E-state index contributed by atoms with van der Waals surface area (Å²) >= 11 is 0. The van der Waals surface area contributed by atoms with E-state index >= 15 is 0 Å². The summed E-state index contributed by atoms with van der Waals surface area (Å²) in [6.45, 7) is 7.43. The molecule has 3 nitrogen and oxygen atoms in total. The van der Waals surface area contributed by atoms with Crippen LogP contribution in [0, 0.1) is 17.8 Å². The van der Waals surface area contributed by atoms with Gasteiger partial charge in [0.25, 0.3) is 0 Å². The Labute approximate surface area is 125 Å². The van der Waals surface area contributed by atoms with E-state index in [0.717, 1.165) is 17.8 Å². The van der Waals surface area contributed by atoms with Crippen molar-refractivity contribution in [3.63, 3.8) is 0 Å². The van der Waals surface area contributed by atoms with Gasteiger partial charge in [-0.3, -0.25) is 0 Å². The van der Waals surface area contributed by atoms with Crippen molar-refractivity contribution in [1.82, 2.24) is 9.80 Å². The van der Waals surface area contributed by atoms with Crippen molar-refractivity contribution >= 4 is 0 Å². The summed E-state index contributed by atoms with van der Waals surface area (Å²) in [7, 11) is 4.39. The second-order valence-corrected chi connectivity index (χ2v) is 7.52. The molecule has 20 heavy (non-hydrogen) atoms. The fourth-order valence-corrected chi connectivity index (χ4v) is 4.16. The predicted octanol–water partition coefficient (Wildman–Crippen LogP) is 2.41. The maximum atomic E-state index is 6.37. The number of piperidine rings is 1. The quantitative estimate of drug-likeness (QED) is 0.840. The fraction of sp³-hybridized carbons (Fsp3) is 1.00. The van der Waals surface area contributed by atoms with Crippen LogP contribution in [-0.4, -0.2) is 56.1 Å². The first-order valence-corrected chi connectivity index (χ1v) is 8.71. The molecule has 1 heterocycles. The first-order valence-electron chi connectivity index (χ1n) is 8.71. The Morgan fingerprint density at radius 2 is 1.75 bits per heavy atom. The molecular weight excluding hydrogens is 246 g/mol. The van der Waals surface area contributed by atoms with Gasteiger partial charge < -0.3 is 15.5 Å². The lowest BCUT2D eigenvalue weighted by Crippen LogP contribution is -2.46. The molecular formula is C17H35N3. The third-order valence-corrected chi connectivity index (χ3v) is 5.55. The van der Waals surface area contributed by atoms with Crippen LogP contribution >= 0.6 is 0 Å². The van der Waals surface area contributed by atoms with Gasteiger partial charge in [-0.25, -0.2) is 0 Å². The molecule has 2 N–H and O–H groups in total. The molecule has 0 aromatic carbocycles. The van der Waals surface area contributed by atoms with E-state index in [-0.39, 0.29) is 0 Å². The van der Waals surface area contributed by atoms with Crippen LogP contribution in [0.1, 0.15) is 45.4 Å². The summed E-state index contributed by atoms with van der Waals surface area (Å²) < 4.78 is 0. The van der Waals surface area contributed by atoms with Gasteiger partial charge in [0, 0.05) is 19.1 Å². The largest absolute Gasteiger partial charge is 0.327 e. The lowest BCUT2D eigenvalue weighted by molar-refractivity contribution is 0.112. The van der Waals surface area contributed by atoms with Crippen LogP contribution < -0.4 is 5.73 Å². The van der Waals surface area contributed by atoms with Gasteiger partial charge in [0.2, 0.25) is 0 Å². The molecule has 2 fully saturated rings. The average molecular weight is 281 g/mol. The molecule has 0 amide bonds. The van der Waals surface area contributed by atoms with Crippen molar-refractivity contribution in [1.29, 1.82) is 0 Å². The number of rotatable bonds is 5. The SMILES string of the molecule is CCC1CCC(N)C(CN2CCC(CN(C)C)CC2)C1. The van der Waals surface area contributed by atoms with E-state index in [1.54, 1.807) is 0 Å². The smallest absolute Gasteiger partial charge is 0.00795 e. The highest BCUT2D eigenvalue weighted by Gasteiger charge is 2.30. The van der Waals surface area contributed by atoms with Gasteiger partial charge in [-0.15, -0.1) is 0 Å². The average Bonchev–Trinajstić information content (AvgIpc) is 2.43. The zero-order valence-corrected chi connectivity index (χ0v) is 13.9. The van der Waals surface area contributed by atoms with E-state index in [9.17, 15) is 0 Å². The summed E-state index contributed by atoms with van der Waals surface area (Å²) in [5.41, 5.74) is 6.37. The molecule has 2 rings (SSSR count). The van der Waals surface area contributed by atoms with Gasteiger partial charge in [0.1, 0.15) is 0 Å². The highest BCUT2D eigenvalue weighted by molar-refractivity contribution is 4.85. The highest BCUT2D eigenvalue weighted by atomic mass is 15.1. The maximum Gasteiger partial charge on any atom is 0.00795 e. The van der Waals surface area contributed by atoms with Crippen molar-refractivity contribution < 1.29 is 0 Å². The Morgan fingerprint density at radius 1 is 1.05 bits per heavy atom. The van der Waals surface area contributed by atoms with E-state index in [2.05, 4.69) is 30.8 Å². The lowest BCUT2D eigenvalue weighted by atomic mass is 9.77. The molecule has 0 bridgehead atoms. The zero-order chi connectivity index (χ0) is 14.5. The monoisotopic (exact) mass is 281 g/mol. The van der Waals surface area contributed by atoms with Crippen molar-refractivity contribution in [2.45, 2.75) is 51.5 Å². The molecule has 3 heteroatoms. The minimum absolute atomic E-state index is 0.456. The van der Waals surface area contributed by atoms with Gasteiger partial charge in [0.15, 0.2) is 0 Å². The number of hydrogen-bond donors (Lipinski definition) is 1. The van der Waals surface area contributed by atoms with Crippen molar-refractivity contribution in [2.75, 3.05) is 40.3 Å². The van der Waals surface area contributed by atoms with Crippen LogP contribution in [0.3, 0.4) is 0 Å². The minimum Gasteiger partial charge on any atom is -0.327 e. The second kappa shape index (κ2) is 7.77. The van der Waals surface area contributed by atoms with Crippen LogP contribution in [0.2, 0.25) is 0 Å². The summed E-state index contributed by atoms with van der Waals surface area (Å²) in [4.78, 5) is 5.03. The lowest BCUT2D eigenvalue weighted by Gasteiger charge is -2.40. The van der Waals surface area contributed by atoms with Gasteiger partial charge >= 0.3 is 0 Å². The molecule has 118 valence electrons. The van der Waals surface area contributed by atoms with Crippen LogP contribution in [0.15, 0.2) is 0 Å². The molecule has 0 radical (unpaired) electrons. The minimum atomic E-state index is 0.456. The predicted molar refractivity (Wildman–Crippen MR) is 86.8 cm³/mol. The zero-order valence-electron chi connectivity index (χ0n) is 13.9. The van der Waals surface area contributed by atoms with Gasteiger partial charge in [-0.05, 0) is 77.0 Å². The molecule has 1 aliphatic carbocycles. The molecule has 1 aliphatic heterocycles. The number of nitrogens with zero attached hydrogens (tertiary/aromatic N) is 2. The Hall–Kier alpha value is -0.120. The number of hydrogen-bond acceptors (Lipinski definition) is 3. The highest BCUT2D eigenvalue weighted by Crippen LogP contribution is 2.31. The first-order chi connectivity index (χ1) is 9.58. The first kappa shape index (κ1) is 16.3. The Kier molecular flexibility index (Phi) is 6.31. The van der Waals surface area contributed by atoms with Crippen molar-refractivity contribution in [3.8, 4) is 0 Å². The maximum absolute atomic E-state index is 6.37. The molecule has 0 aromatic rings. The summed E-state index contributed by atoms with van der Waals surface area (Å²) in [5.74, 6) is 2.59. The van der Waals surface area contributed by atoms with E-state index in [4.69, 9.17) is 5.73 Å². The van der Waals surface area contributed by atoms with E-state index < -0.39 is 0 Å². The van der Waals surface area contributed by atoms with Gasteiger partial charge in [0.05, 0.1) is 0 Å².